The molecule has 0 aliphatic heterocycles. The first-order chi connectivity index (χ1) is 4.29. The van der Waals surface area contributed by atoms with Crippen molar-refractivity contribution in [2.45, 2.75) is 25.4 Å². The van der Waals surface area contributed by atoms with Crippen molar-refractivity contribution in [3.63, 3.8) is 0 Å². The minimum atomic E-state index is 0.704. The first kappa shape index (κ1) is 7.03. The topological polar surface area (TPSA) is 24.1 Å². The number of hydrogen-bond donors (Lipinski definition) is 2. The van der Waals surface area contributed by atoms with Crippen LogP contribution in [-0.2, 0) is 0 Å². The molecule has 1 fully saturated rings. The van der Waals surface area contributed by atoms with Gasteiger partial charge >= 0.3 is 0 Å². The molecule has 0 saturated heterocycles. The van der Waals surface area contributed by atoms with Crippen molar-refractivity contribution < 1.29 is 0 Å². The Morgan fingerprint density at radius 2 is 1.89 bits per heavy atom. The quantitative estimate of drug-likeness (QED) is 0.555. The van der Waals surface area contributed by atoms with Crippen molar-refractivity contribution in [2.24, 2.45) is 5.92 Å². The van der Waals surface area contributed by atoms with Crippen LogP contribution in [-0.4, -0.2) is 26.2 Å². The summed E-state index contributed by atoms with van der Waals surface area (Å²) < 4.78 is 0. The van der Waals surface area contributed by atoms with Gasteiger partial charge in [-0.05, 0) is 26.4 Å². The van der Waals surface area contributed by atoms with Gasteiger partial charge < -0.3 is 10.6 Å². The van der Waals surface area contributed by atoms with E-state index >= 15 is 0 Å². The van der Waals surface area contributed by atoms with Crippen LogP contribution in [0.15, 0.2) is 0 Å². The Bertz CT molecular complexity index is 92.9. The molecule has 1 aliphatic rings. The summed E-state index contributed by atoms with van der Waals surface area (Å²) in [6, 6.07) is 1.42. The highest BCUT2D eigenvalue weighted by molar-refractivity contribution is 4.95. The average molecular weight is 128 g/mol. The molecule has 3 atom stereocenters. The fourth-order valence-corrected chi connectivity index (χ4v) is 1.68. The third-order valence-corrected chi connectivity index (χ3v) is 2.38. The fraction of sp³-hybridized carbons (Fsp3) is 1.00. The SMILES string of the molecule is CNC1CC(C)C1NC. The van der Waals surface area contributed by atoms with Crippen molar-refractivity contribution in [2.75, 3.05) is 14.1 Å². The lowest BCUT2D eigenvalue weighted by atomic mass is 9.76. The van der Waals surface area contributed by atoms with Gasteiger partial charge in [-0.2, -0.15) is 0 Å². The Morgan fingerprint density at radius 1 is 1.22 bits per heavy atom. The standard InChI is InChI=1S/C7H16N2/c1-5-4-6(8-2)7(5)9-3/h5-9H,4H2,1-3H3. The lowest BCUT2D eigenvalue weighted by molar-refractivity contribution is 0.171. The molecule has 2 N–H and O–H groups in total. The zero-order chi connectivity index (χ0) is 6.85. The number of rotatable bonds is 2. The zero-order valence-corrected chi connectivity index (χ0v) is 6.44. The van der Waals surface area contributed by atoms with Gasteiger partial charge in [0.2, 0.25) is 0 Å². The summed E-state index contributed by atoms with van der Waals surface area (Å²) in [4.78, 5) is 0. The number of hydrogen-bond acceptors (Lipinski definition) is 2. The Kier molecular flexibility index (Phi) is 2.09. The van der Waals surface area contributed by atoms with E-state index in [2.05, 4.69) is 17.6 Å². The van der Waals surface area contributed by atoms with Gasteiger partial charge in [-0.1, -0.05) is 6.92 Å². The van der Waals surface area contributed by atoms with Gasteiger partial charge in [-0.15, -0.1) is 0 Å². The van der Waals surface area contributed by atoms with E-state index in [0.717, 1.165) is 5.92 Å². The van der Waals surface area contributed by atoms with Gasteiger partial charge in [0.25, 0.3) is 0 Å². The molecule has 1 saturated carbocycles. The molecule has 0 heterocycles. The van der Waals surface area contributed by atoms with Crippen LogP contribution in [0.2, 0.25) is 0 Å². The third-order valence-electron chi connectivity index (χ3n) is 2.38. The van der Waals surface area contributed by atoms with Crippen molar-refractivity contribution >= 4 is 0 Å². The molecule has 0 aromatic rings. The lowest BCUT2D eigenvalue weighted by Crippen LogP contribution is -2.58. The van der Waals surface area contributed by atoms with Crippen LogP contribution in [0.5, 0.6) is 0 Å². The summed E-state index contributed by atoms with van der Waals surface area (Å²) in [5, 5.41) is 6.56. The van der Waals surface area contributed by atoms with E-state index in [-0.39, 0.29) is 0 Å². The predicted octanol–water partition coefficient (Wildman–Crippen LogP) is 0.202. The molecule has 0 radical (unpaired) electrons. The van der Waals surface area contributed by atoms with E-state index < -0.39 is 0 Å². The van der Waals surface area contributed by atoms with Crippen LogP contribution < -0.4 is 10.6 Å². The second kappa shape index (κ2) is 2.67. The first-order valence-electron chi connectivity index (χ1n) is 3.64. The molecular weight excluding hydrogens is 112 g/mol. The second-order valence-electron chi connectivity index (χ2n) is 2.92. The smallest absolute Gasteiger partial charge is 0.0244 e. The molecule has 2 heteroatoms. The monoisotopic (exact) mass is 128 g/mol. The highest BCUT2D eigenvalue weighted by atomic mass is 15.0. The largest absolute Gasteiger partial charge is 0.315 e. The minimum absolute atomic E-state index is 0.704. The van der Waals surface area contributed by atoms with Gasteiger partial charge in [0, 0.05) is 12.1 Å². The van der Waals surface area contributed by atoms with Crippen LogP contribution in [0.25, 0.3) is 0 Å². The molecule has 54 valence electrons. The fourth-order valence-electron chi connectivity index (χ4n) is 1.68. The third kappa shape index (κ3) is 1.10. The van der Waals surface area contributed by atoms with Crippen LogP contribution in [0.1, 0.15) is 13.3 Å². The number of nitrogens with one attached hydrogen (secondary N) is 2. The molecule has 0 aromatic heterocycles. The van der Waals surface area contributed by atoms with Crippen molar-refractivity contribution in [3.05, 3.63) is 0 Å². The van der Waals surface area contributed by atoms with E-state index in [1.165, 1.54) is 6.42 Å². The van der Waals surface area contributed by atoms with E-state index in [1.54, 1.807) is 0 Å². The van der Waals surface area contributed by atoms with E-state index in [1.807, 2.05) is 14.1 Å². The first-order valence-corrected chi connectivity index (χ1v) is 3.64. The lowest BCUT2D eigenvalue weighted by Gasteiger charge is -2.42. The molecule has 1 aliphatic carbocycles. The van der Waals surface area contributed by atoms with Gasteiger partial charge in [-0.25, -0.2) is 0 Å². The summed E-state index contributed by atoms with van der Waals surface area (Å²) in [7, 11) is 4.06. The summed E-state index contributed by atoms with van der Waals surface area (Å²) >= 11 is 0. The second-order valence-corrected chi connectivity index (χ2v) is 2.92. The Labute approximate surface area is 57.0 Å². The maximum absolute atomic E-state index is 3.29. The molecule has 3 unspecified atom stereocenters. The van der Waals surface area contributed by atoms with Crippen LogP contribution in [0, 0.1) is 5.92 Å². The normalized spacial score (nSPS) is 42.3. The molecule has 0 spiro atoms. The molecule has 9 heavy (non-hydrogen) atoms. The van der Waals surface area contributed by atoms with Crippen molar-refractivity contribution in [3.8, 4) is 0 Å². The van der Waals surface area contributed by atoms with E-state index in [0.29, 0.717) is 12.1 Å². The maximum Gasteiger partial charge on any atom is 0.0244 e. The van der Waals surface area contributed by atoms with E-state index in [9.17, 15) is 0 Å². The predicted molar refractivity (Wildman–Crippen MR) is 39.5 cm³/mol. The van der Waals surface area contributed by atoms with Gasteiger partial charge in [-0.3, -0.25) is 0 Å². The summed E-state index contributed by atoms with van der Waals surface area (Å²) in [6.45, 7) is 2.29. The summed E-state index contributed by atoms with van der Waals surface area (Å²) in [5.41, 5.74) is 0. The molecular formula is C7H16N2. The van der Waals surface area contributed by atoms with Crippen LogP contribution in [0.4, 0.5) is 0 Å². The van der Waals surface area contributed by atoms with E-state index in [4.69, 9.17) is 0 Å². The van der Waals surface area contributed by atoms with Gasteiger partial charge in [0.15, 0.2) is 0 Å². The molecule has 1 rings (SSSR count). The highest BCUT2D eigenvalue weighted by Gasteiger charge is 2.35. The summed E-state index contributed by atoms with van der Waals surface area (Å²) in [5.74, 6) is 0.854. The van der Waals surface area contributed by atoms with Crippen LogP contribution >= 0.6 is 0 Å². The minimum Gasteiger partial charge on any atom is -0.315 e. The van der Waals surface area contributed by atoms with Gasteiger partial charge in [0.1, 0.15) is 0 Å². The Morgan fingerprint density at radius 3 is 2.11 bits per heavy atom. The molecule has 2 nitrogen and oxygen atoms in total. The average Bonchev–Trinajstić information content (AvgIpc) is 1.83. The van der Waals surface area contributed by atoms with Crippen molar-refractivity contribution in [1.82, 2.24) is 10.6 Å². The maximum atomic E-state index is 3.29. The summed E-state index contributed by atoms with van der Waals surface area (Å²) in [6.07, 6.45) is 1.32. The molecule has 0 amide bonds. The Balaban J connectivity index is 2.29. The highest BCUT2D eigenvalue weighted by Crippen LogP contribution is 2.26. The Hall–Kier alpha value is -0.0800. The zero-order valence-electron chi connectivity index (χ0n) is 6.44. The number of likely N-dealkylation sites (N-methyl/N-ethyl adjacent to an activating group) is 2. The van der Waals surface area contributed by atoms with Gasteiger partial charge in [0.05, 0.1) is 0 Å². The molecule has 0 aromatic carbocycles. The van der Waals surface area contributed by atoms with Crippen LogP contribution in [0.3, 0.4) is 0 Å². The molecule has 0 bridgehead atoms. The van der Waals surface area contributed by atoms with Crippen molar-refractivity contribution in [1.29, 1.82) is 0 Å².